The van der Waals surface area contributed by atoms with E-state index in [1.165, 1.54) is 23.1 Å². The Hall–Kier alpha value is -2.65. The van der Waals surface area contributed by atoms with Crippen molar-refractivity contribution < 1.29 is 22.4 Å². The molecule has 7 nitrogen and oxygen atoms in total. The van der Waals surface area contributed by atoms with Crippen molar-refractivity contribution >= 4 is 39.1 Å². The van der Waals surface area contributed by atoms with Crippen LogP contribution in [0.4, 0.5) is 10.1 Å². The maximum atomic E-state index is 14.2. The van der Waals surface area contributed by atoms with Crippen LogP contribution in [-0.2, 0) is 26.2 Å². The Morgan fingerprint density at radius 1 is 1.06 bits per heavy atom. The lowest BCUT2D eigenvalue weighted by Gasteiger charge is -2.30. The summed E-state index contributed by atoms with van der Waals surface area (Å²) in [6, 6.07) is 11.7. The van der Waals surface area contributed by atoms with E-state index < -0.39 is 21.9 Å². The number of nitrogens with one attached hydrogen (secondary N) is 1. The quantitative estimate of drug-likeness (QED) is 0.494. The molecule has 0 saturated carbocycles. The minimum Gasteiger partial charge on any atom is -0.352 e. The van der Waals surface area contributed by atoms with Crippen molar-refractivity contribution in [3.05, 3.63) is 64.9 Å². The molecule has 0 aromatic heterocycles. The fourth-order valence-electron chi connectivity index (χ4n) is 3.43. The van der Waals surface area contributed by atoms with Crippen LogP contribution in [0.25, 0.3) is 0 Å². The van der Waals surface area contributed by atoms with Crippen LogP contribution in [0.15, 0.2) is 48.5 Å². The predicted molar refractivity (Wildman–Crippen MR) is 133 cm³/mol. The van der Waals surface area contributed by atoms with Gasteiger partial charge in [0.15, 0.2) is 0 Å². The molecular formula is C24H31ClFN3O4S. The molecule has 2 aromatic rings. The van der Waals surface area contributed by atoms with Crippen LogP contribution in [0.3, 0.4) is 0 Å². The molecule has 2 amide bonds. The second-order valence-corrected chi connectivity index (χ2v) is 10.7. The number of anilines is 1. The number of halogens is 2. The van der Waals surface area contributed by atoms with Crippen molar-refractivity contribution in [1.82, 2.24) is 10.2 Å². The third kappa shape index (κ3) is 7.70. The Kier molecular flexibility index (Phi) is 9.88. The predicted octanol–water partition coefficient (Wildman–Crippen LogP) is 3.97. The van der Waals surface area contributed by atoms with Crippen LogP contribution in [0.2, 0.25) is 5.02 Å². The van der Waals surface area contributed by atoms with Crippen LogP contribution in [0.5, 0.6) is 0 Å². The third-order valence-corrected chi connectivity index (χ3v) is 6.72. The van der Waals surface area contributed by atoms with E-state index in [-0.39, 0.29) is 49.5 Å². The van der Waals surface area contributed by atoms with E-state index in [4.69, 9.17) is 11.6 Å². The lowest BCUT2D eigenvalue weighted by atomic mass is 10.1. The van der Waals surface area contributed by atoms with Gasteiger partial charge in [-0.2, -0.15) is 0 Å². The van der Waals surface area contributed by atoms with Gasteiger partial charge in [-0.3, -0.25) is 13.9 Å². The van der Waals surface area contributed by atoms with Gasteiger partial charge < -0.3 is 10.2 Å². The molecule has 0 saturated heterocycles. The largest absolute Gasteiger partial charge is 0.352 e. The second kappa shape index (κ2) is 12.2. The first-order valence-electron chi connectivity index (χ1n) is 11.0. The van der Waals surface area contributed by atoms with Gasteiger partial charge in [-0.15, -0.1) is 0 Å². The molecule has 0 aliphatic carbocycles. The zero-order valence-corrected chi connectivity index (χ0v) is 21.4. The van der Waals surface area contributed by atoms with Gasteiger partial charge in [0.05, 0.1) is 11.9 Å². The SMILES string of the molecule is CC(C)NC(=O)C(C)N(Cc1ccccc1Cl)C(=O)CCCN(c1ccccc1F)S(C)(=O)=O. The highest BCUT2D eigenvalue weighted by molar-refractivity contribution is 7.92. The molecule has 186 valence electrons. The van der Waals surface area contributed by atoms with Gasteiger partial charge in [0.1, 0.15) is 11.9 Å². The van der Waals surface area contributed by atoms with Gasteiger partial charge in [-0.1, -0.05) is 41.9 Å². The van der Waals surface area contributed by atoms with Crippen molar-refractivity contribution in [2.45, 2.75) is 52.2 Å². The fourth-order valence-corrected chi connectivity index (χ4v) is 4.60. The first kappa shape index (κ1) is 27.6. The summed E-state index contributed by atoms with van der Waals surface area (Å²) < 4.78 is 39.7. The second-order valence-electron chi connectivity index (χ2n) is 8.34. The molecule has 1 unspecified atom stereocenters. The minimum absolute atomic E-state index is 0.0375. The molecule has 0 fully saturated rings. The van der Waals surface area contributed by atoms with E-state index >= 15 is 0 Å². The monoisotopic (exact) mass is 511 g/mol. The van der Waals surface area contributed by atoms with E-state index in [0.29, 0.717) is 10.6 Å². The first-order chi connectivity index (χ1) is 15.9. The van der Waals surface area contributed by atoms with E-state index in [9.17, 15) is 22.4 Å². The lowest BCUT2D eigenvalue weighted by molar-refractivity contribution is -0.140. The van der Waals surface area contributed by atoms with Crippen LogP contribution >= 0.6 is 11.6 Å². The van der Waals surface area contributed by atoms with Crippen LogP contribution in [-0.4, -0.2) is 50.0 Å². The smallest absolute Gasteiger partial charge is 0.242 e. The summed E-state index contributed by atoms with van der Waals surface area (Å²) in [4.78, 5) is 27.3. The number of nitrogens with zero attached hydrogens (tertiary/aromatic N) is 2. The molecule has 0 bridgehead atoms. The zero-order chi connectivity index (χ0) is 25.5. The Balaban J connectivity index is 2.19. The summed E-state index contributed by atoms with van der Waals surface area (Å²) in [6.07, 6.45) is 1.09. The van der Waals surface area contributed by atoms with Gasteiger partial charge in [-0.25, -0.2) is 12.8 Å². The molecule has 2 aromatic carbocycles. The number of hydrogen-bond donors (Lipinski definition) is 1. The normalized spacial score (nSPS) is 12.3. The van der Waals surface area contributed by atoms with Crippen LogP contribution in [0.1, 0.15) is 39.2 Å². The van der Waals surface area contributed by atoms with E-state index in [0.717, 1.165) is 10.6 Å². The average molecular weight is 512 g/mol. The molecule has 34 heavy (non-hydrogen) atoms. The molecule has 10 heteroatoms. The number of carbonyl (C=O) groups excluding carboxylic acids is 2. The summed E-state index contributed by atoms with van der Waals surface area (Å²) in [5.74, 6) is -1.31. The molecular weight excluding hydrogens is 481 g/mol. The highest BCUT2D eigenvalue weighted by atomic mass is 35.5. The lowest BCUT2D eigenvalue weighted by Crippen LogP contribution is -2.49. The zero-order valence-electron chi connectivity index (χ0n) is 19.8. The maximum absolute atomic E-state index is 14.2. The fraction of sp³-hybridized carbons (Fsp3) is 0.417. The van der Waals surface area contributed by atoms with Crippen molar-refractivity contribution in [3.63, 3.8) is 0 Å². The number of rotatable bonds is 11. The standard InChI is InChI=1S/C24H31ClFN3O4S/c1-17(2)27-24(31)18(3)28(16-19-10-5-6-11-20(19)25)23(30)14-9-15-29(34(4,32)33)22-13-8-7-12-21(22)26/h5-8,10-13,17-18H,9,14-16H2,1-4H3,(H,27,31). The molecule has 0 aliphatic heterocycles. The Morgan fingerprint density at radius 2 is 1.68 bits per heavy atom. The van der Waals surface area contributed by atoms with Gasteiger partial charge in [0, 0.05) is 30.6 Å². The third-order valence-electron chi connectivity index (χ3n) is 5.17. The molecule has 0 heterocycles. The molecule has 0 spiro atoms. The number of carbonyl (C=O) groups is 2. The molecule has 1 N–H and O–H groups in total. The van der Waals surface area contributed by atoms with Gasteiger partial charge in [-0.05, 0) is 51.0 Å². The summed E-state index contributed by atoms with van der Waals surface area (Å²) >= 11 is 6.27. The number of hydrogen-bond acceptors (Lipinski definition) is 4. The molecule has 1 atom stereocenters. The highest BCUT2D eigenvalue weighted by Gasteiger charge is 2.27. The summed E-state index contributed by atoms with van der Waals surface area (Å²) in [5, 5.41) is 3.28. The van der Waals surface area contributed by atoms with Crippen LogP contribution < -0.4 is 9.62 Å². The van der Waals surface area contributed by atoms with Crippen molar-refractivity contribution in [3.8, 4) is 0 Å². The van der Waals surface area contributed by atoms with Gasteiger partial charge in [0.2, 0.25) is 21.8 Å². The van der Waals surface area contributed by atoms with Crippen molar-refractivity contribution in [2.75, 3.05) is 17.1 Å². The Bertz CT molecular complexity index is 1110. The minimum atomic E-state index is -3.77. The maximum Gasteiger partial charge on any atom is 0.242 e. The average Bonchev–Trinajstić information content (AvgIpc) is 2.75. The summed E-state index contributed by atoms with van der Waals surface area (Å²) in [6.45, 7) is 5.32. The Labute approximate surface area is 205 Å². The molecule has 2 rings (SSSR count). The van der Waals surface area contributed by atoms with Gasteiger partial charge in [0.25, 0.3) is 0 Å². The van der Waals surface area contributed by atoms with Crippen LogP contribution in [0, 0.1) is 5.82 Å². The summed E-state index contributed by atoms with van der Waals surface area (Å²) in [5.41, 5.74) is 0.612. The van der Waals surface area contributed by atoms with Crippen molar-refractivity contribution in [1.29, 1.82) is 0 Å². The topological polar surface area (TPSA) is 86.8 Å². The molecule has 0 aliphatic rings. The molecule has 0 radical (unpaired) electrons. The number of sulfonamides is 1. The van der Waals surface area contributed by atoms with E-state index in [2.05, 4.69) is 5.32 Å². The highest BCUT2D eigenvalue weighted by Crippen LogP contribution is 2.23. The van der Waals surface area contributed by atoms with Gasteiger partial charge >= 0.3 is 0 Å². The number of para-hydroxylation sites is 1. The number of benzene rings is 2. The summed E-state index contributed by atoms with van der Waals surface area (Å²) in [7, 11) is -3.77. The van der Waals surface area contributed by atoms with Crippen molar-refractivity contribution in [2.24, 2.45) is 0 Å². The van der Waals surface area contributed by atoms with E-state index in [1.54, 1.807) is 37.3 Å². The van der Waals surface area contributed by atoms with E-state index in [1.807, 2.05) is 13.8 Å². The first-order valence-corrected chi connectivity index (χ1v) is 13.2. The Morgan fingerprint density at radius 3 is 2.26 bits per heavy atom. The number of amides is 2.